The van der Waals surface area contributed by atoms with Crippen molar-refractivity contribution in [2.45, 2.75) is 37.8 Å². The van der Waals surface area contributed by atoms with Crippen LogP contribution in [-0.2, 0) is 0 Å². The zero-order valence-electron chi connectivity index (χ0n) is 16.4. The van der Waals surface area contributed by atoms with Crippen LogP contribution in [0.15, 0.2) is 48.7 Å². The first-order valence-electron chi connectivity index (χ1n) is 9.89. The lowest BCUT2D eigenvalue weighted by molar-refractivity contribution is 0.0926. The van der Waals surface area contributed by atoms with Crippen LogP contribution in [0.3, 0.4) is 0 Å². The van der Waals surface area contributed by atoms with E-state index in [9.17, 15) is 4.79 Å². The van der Waals surface area contributed by atoms with Crippen LogP contribution in [-0.4, -0.2) is 34.4 Å². The predicted octanol–water partition coefficient (Wildman–Crippen LogP) is 3.40. The van der Waals surface area contributed by atoms with Gasteiger partial charge >= 0.3 is 0 Å². The van der Waals surface area contributed by atoms with Crippen molar-refractivity contribution < 1.29 is 4.79 Å². The second kappa shape index (κ2) is 8.23. The van der Waals surface area contributed by atoms with Crippen molar-refractivity contribution in [2.24, 2.45) is 0 Å². The summed E-state index contributed by atoms with van der Waals surface area (Å²) < 4.78 is 1.92. The van der Waals surface area contributed by atoms with Crippen LogP contribution in [0, 0.1) is 11.3 Å². The SMILES string of the molecule is CNc1ccc(C(=O)NC2CCC(Nc3cccc4nc(C#N)cn34)CC2)cc1. The highest BCUT2D eigenvalue weighted by Crippen LogP contribution is 2.23. The standard InChI is InChI=1S/C22H24N6O/c1-24-16-7-5-15(6-8-16)22(29)27-18-11-9-17(10-12-18)25-20-3-2-4-21-26-19(13-23)14-28(20)21/h2-8,14,17-18,24-25H,9-12H2,1H3,(H,27,29). The summed E-state index contributed by atoms with van der Waals surface area (Å²) in [6.07, 6.45) is 5.56. The Morgan fingerprint density at radius 1 is 1.10 bits per heavy atom. The molecule has 3 N–H and O–H groups in total. The normalized spacial score (nSPS) is 18.8. The number of fused-ring (bicyclic) bond motifs is 1. The summed E-state index contributed by atoms with van der Waals surface area (Å²) in [6, 6.07) is 15.9. The van der Waals surface area contributed by atoms with Gasteiger partial charge in [-0.25, -0.2) is 4.98 Å². The molecule has 0 spiro atoms. The molecule has 2 aromatic heterocycles. The molecule has 0 bridgehead atoms. The first-order valence-corrected chi connectivity index (χ1v) is 9.89. The maximum absolute atomic E-state index is 12.5. The maximum Gasteiger partial charge on any atom is 0.251 e. The van der Waals surface area contributed by atoms with Gasteiger partial charge in [0.25, 0.3) is 5.91 Å². The van der Waals surface area contributed by atoms with Crippen LogP contribution in [0.2, 0.25) is 0 Å². The molecule has 1 aliphatic carbocycles. The molecule has 0 atom stereocenters. The maximum atomic E-state index is 12.5. The number of hydrogen-bond donors (Lipinski definition) is 3. The number of carbonyl (C=O) groups is 1. The van der Waals surface area contributed by atoms with Gasteiger partial charge in [0.15, 0.2) is 5.69 Å². The number of nitriles is 1. The molecule has 7 heteroatoms. The van der Waals surface area contributed by atoms with E-state index in [1.165, 1.54) is 0 Å². The highest BCUT2D eigenvalue weighted by atomic mass is 16.1. The summed E-state index contributed by atoms with van der Waals surface area (Å²) in [7, 11) is 1.86. The number of benzene rings is 1. The molecule has 1 amide bonds. The van der Waals surface area contributed by atoms with E-state index in [0.29, 0.717) is 17.3 Å². The molecule has 0 unspecified atom stereocenters. The average molecular weight is 388 g/mol. The summed E-state index contributed by atoms with van der Waals surface area (Å²) in [5, 5.41) is 18.9. The number of pyridine rings is 1. The number of anilines is 2. The Labute approximate surface area is 169 Å². The molecule has 0 saturated heterocycles. The van der Waals surface area contributed by atoms with Crippen LogP contribution in [0.1, 0.15) is 41.7 Å². The molecule has 1 aromatic carbocycles. The van der Waals surface area contributed by atoms with Crippen molar-refractivity contribution >= 4 is 23.1 Å². The van der Waals surface area contributed by atoms with Crippen molar-refractivity contribution in [2.75, 3.05) is 17.7 Å². The number of nitrogens with zero attached hydrogens (tertiary/aromatic N) is 3. The lowest BCUT2D eigenvalue weighted by Gasteiger charge is -2.30. The van der Waals surface area contributed by atoms with E-state index in [2.05, 4.69) is 27.0 Å². The molecular formula is C22H24N6O. The van der Waals surface area contributed by atoms with E-state index in [-0.39, 0.29) is 11.9 Å². The lowest BCUT2D eigenvalue weighted by Crippen LogP contribution is -2.40. The molecule has 29 heavy (non-hydrogen) atoms. The lowest BCUT2D eigenvalue weighted by atomic mass is 9.91. The molecule has 7 nitrogen and oxygen atoms in total. The Balaban J connectivity index is 1.33. The molecule has 1 aliphatic rings. The average Bonchev–Trinajstić information content (AvgIpc) is 3.20. The van der Waals surface area contributed by atoms with Crippen LogP contribution >= 0.6 is 0 Å². The van der Waals surface area contributed by atoms with Crippen LogP contribution < -0.4 is 16.0 Å². The van der Waals surface area contributed by atoms with Crippen LogP contribution in [0.25, 0.3) is 5.65 Å². The molecular weight excluding hydrogens is 364 g/mol. The summed E-state index contributed by atoms with van der Waals surface area (Å²) in [4.78, 5) is 16.8. The van der Waals surface area contributed by atoms with Gasteiger partial charge < -0.3 is 16.0 Å². The third kappa shape index (κ3) is 4.16. The molecule has 3 aromatic rings. The minimum absolute atomic E-state index is 0.0173. The topological polar surface area (TPSA) is 94.2 Å². The fourth-order valence-electron chi connectivity index (χ4n) is 3.83. The predicted molar refractivity (Wildman–Crippen MR) is 113 cm³/mol. The number of carbonyl (C=O) groups excluding carboxylic acids is 1. The third-order valence-corrected chi connectivity index (χ3v) is 5.46. The molecule has 0 aliphatic heterocycles. The second-order valence-electron chi connectivity index (χ2n) is 7.37. The minimum atomic E-state index is -0.0173. The third-order valence-electron chi connectivity index (χ3n) is 5.46. The number of imidazole rings is 1. The number of aromatic nitrogens is 2. The van der Waals surface area contributed by atoms with Gasteiger partial charge in [-0.05, 0) is 62.1 Å². The zero-order valence-corrected chi connectivity index (χ0v) is 16.4. The fraction of sp³-hybridized carbons (Fsp3) is 0.318. The molecule has 1 saturated carbocycles. The zero-order chi connectivity index (χ0) is 20.2. The highest BCUT2D eigenvalue weighted by molar-refractivity contribution is 5.94. The van der Waals surface area contributed by atoms with Crippen molar-refractivity contribution in [3.05, 3.63) is 59.9 Å². The van der Waals surface area contributed by atoms with E-state index in [1.54, 1.807) is 6.20 Å². The first-order chi connectivity index (χ1) is 14.2. The van der Waals surface area contributed by atoms with E-state index >= 15 is 0 Å². The van der Waals surface area contributed by atoms with Crippen LogP contribution in [0.5, 0.6) is 0 Å². The Morgan fingerprint density at radius 3 is 2.52 bits per heavy atom. The highest BCUT2D eigenvalue weighted by Gasteiger charge is 2.23. The molecule has 4 rings (SSSR count). The molecule has 1 fully saturated rings. The van der Waals surface area contributed by atoms with Crippen molar-refractivity contribution in [1.82, 2.24) is 14.7 Å². The Hall–Kier alpha value is -3.53. The minimum Gasteiger partial charge on any atom is -0.388 e. The van der Waals surface area contributed by atoms with E-state index in [4.69, 9.17) is 5.26 Å². The van der Waals surface area contributed by atoms with Gasteiger partial charge in [0.1, 0.15) is 17.5 Å². The van der Waals surface area contributed by atoms with Gasteiger partial charge in [0.05, 0.1) is 0 Å². The summed E-state index contributed by atoms with van der Waals surface area (Å²) >= 11 is 0. The van der Waals surface area contributed by atoms with Gasteiger partial charge in [-0.3, -0.25) is 9.20 Å². The van der Waals surface area contributed by atoms with Gasteiger partial charge in [-0.1, -0.05) is 6.07 Å². The fourth-order valence-corrected chi connectivity index (χ4v) is 3.83. The molecule has 148 valence electrons. The van der Waals surface area contributed by atoms with Gasteiger partial charge in [0, 0.05) is 36.6 Å². The quantitative estimate of drug-likeness (QED) is 0.623. The van der Waals surface area contributed by atoms with Crippen molar-refractivity contribution in [3.63, 3.8) is 0 Å². The van der Waals surface area contributed by atoms with E-state index < -0.39 is 0 Å². The van der Waals surface area contributed by atoms with Crippen molar-refractivity contribution in [3.8, 4) is 6.07 Å². The summed E-state index contributed by atoms with van der Waals surface area (Å²) in [5.74, 6) is 0.921. The Morgan fingerprint density at radius 2 is 1.83 bits per heavy atom. The number of nitrogens with one attached hydrogen (secondary N) is 3. The molecule has 0 radical (unpaired) electrons. The number of rotatable bonds is 5. The van der Waals surface area contributed by atoms with Gasteiger partial charge in [-0.2, -0.15) is 5.26 Å². The number of amides is 1. The smallest absolute Gasteiger partial charge is 0.251 e. The van der Waals surface area contributed by atoms with Gasteiger partial charge in [0.2, 0.25) is 0 Å². The van der Waals surface area contributed by atoms with E-state index in [0.717, 1.165) is 42.8 Å². The first kappa shape index (κ1) is 18.8. The summed E-state index contributed by atoms with van der Waals surface area (Å²) in [6.45, 7) is 0. The second-order valence-corrected chi connectivity index (χ2v) is 7.37. The summed E-state index contributed by atoms with van der Waals surface area (Å²) in [5.41, 5.74) is 2.84. The van der Waals surface area contributed by atoms with Crippen LogP contribution in [0.4, 0.5) is 11.5 Å². The Kier molecular flexibility index (Phi) is 5.34. The largest absolute Gasteiger partial charge is 0.388 e. The van der Waals surface area contributed by atoms with Gasteiger partial charge in [-0.15, -0.1) is 0 Å². The Bertz CT molecular complexity index is 1040. The molecule has 2 heterocycles. The van der Waals surface area contributed by atoms with Crippen molar-refractivity contribution in [1.29, 1.82) is 5.26 Å². The monoisotopic (exact) mass is 388 g/mol. The number of hydrogen-bond acceptors (Lipinski definition) is 5. The van der Waals surface area contributed by atoms with E-state index in [1.807, 2.05) is 53.9 Å².